The van der Waals surface area contributed by atoms with Crippen LogP contribution >= 0.6 is 22.7 Å². The van der Waals surface area contributed by atoms with Gasteiger partial charge in [-0.15, -0.1) is 22.7 Å². The third-order valence-electron chi connectivity index (χ3n) is 3.86. The largest absolute Gasteiger partial charge is 0.388 e. The van der Waals surface area contributed by atoms with Crippen LogP contribution in [0.2, 0.25) is 0 Å². The van der Waals surface area contributed by atoms with Crippen molar-refractivity contribution in [2.24, 2.45) is 5.92 Å². The molecule has 0 spiro atoms. The second kappa shape index (κ2) is 5.55. The summed E-state index contributed by atoms with van der Waals surface area (Å²) < 4.78 is 0. The van der Waals surface area contributed by atoms with Gasteiger partial charge in [0.15, 0.2) is 0 Å². The van der Waals surface area contributed by atoms with Gasteiger partial charge in [0.25, 0.3) is 0 Å². The lowest BCUT2D eigenvalue weighted by molar-refractivity contribution is 0.0856. The molecular formula is C15H18OS2. The summed E-state index contributed by atoms with van der Waals surface area (Å²) in [5.74, 6) is 0.465. The van der Waals surface area contributed by atoms with Gasteiger partial charge in [-0.2, -0.15) is 0 Å². The SMILES string of the molecule is OC(c1ccsc1-c1cccs1)C1CCCCC1. The van der Waals surface area contributed by atoms with E-state index >= 15 is 0 Å². The van der Waals surface area contributed by atoms with Crippen LogP contribution in [-0.2, 0) is 0 Å². The molecule has 96 valence electrons. The summed E-state index contributed by atoms with van der Waals surface area (Å²) in [6, 6.07) is 6.34. The molecule has 1 saturated carbocycles. The third kappa shape index (κ3) is 2.40. The van der Waals surface area contributed by atoms with Gasteiger partial charge in [-0.3, -0.25) is 0 Å². The third-order valence-corrected chi connectivity index (χ3v) is 5.84. The maximum absolute atomic E-state index is 10.6. The van der Waals surface area contributed by atoms with E-state index in [1.54, 1.807) is 22.7 Å². The number of aliphatic hydroxyl groups excluding tert-OH is 1. The first-order valence-corrected chi connectivity index (χ1v) is 8.41. The molecule has 0 aliphatic heterocycles. The van der Waals surface area contributed by atoms with E-state index in [0.717, 1.165) is 5.56 Å². The Morgan fingerprint density at radius 1 is 1.06 bits per heavy atom. The van der Waals surface area contributed by atoms with Crippen LogP contribution in [0.4, 0.5) is 0 Å². The lowest BCUT2D eigenvalue weighted by Gasteiger charge is -2.26. The molecule has 1 N–H and O–H groups in total. The molecule has 1 atom stereocenters. The molecule has 2 heterocycles. The Morgan fingerprint density at radius 3 is 2.61 bits per heavy atom. The fraction of sp³-hybridized carbons (Fsp3) is 0.467. The van der Waals surface area contributed by atoms with E-state index in [4.69, 9.17) is 0 Å². The molecule has 3 rings (SSSR count). The Labute approximate surface area is 116 Å². The van der Waals surface area contributed by atoms with E-state index in [1.165, 1.54) is 41.9 Å². The molecule has 0 radical (unpaired) electrons. The zero-order valence-electron chi connectivity index (χ0n) is 10.3. The monoisotopic (exact) mass is 278 g/mol. The van der Waals surface area contributed by atoms with E-state index in [9.17, 15) is 5.11 Å². The maximum atomic E-state index is 10.6. The topological polar surface area (TPSA) is 20.2 Å². The second-order valence-corrected chi connectivity index (χ2v) is 6.89. The predicted molar refractivity (Wildman–Crippen MR) is 79.2 cm³/mol. The highest BCUT2D eigenvalue weighted by Gasteiger charge is 2.25. The fourth-order valence-electron chi connectivity index (χ4n) is 2.86. The molecular weight excluding hydrogens is 260 g/mol. The average molecular weight is 278 g/mol. The van der Waals surface area contributed by atoms with Gasteiger partial charge in [-0.1, -0.05) is 25.3 Å². The Bertz CT molecular complexity index is 480. The molecule has 1 fully saturated rings. The van der Waals surface area contributed by atoms with Crippen molar-refractivity contribution in [1.82, 2.24) is 0 Å². The van der Waals surface area contributed by atoms with E-state index in [-0.39, 0.29) is 6.10 Å². The first kappa shape index (κ1) is 12.4. The number of aliphatic hydroxyl groups is 1. The van der Waals surface area contributed by atoms with Gasteiger partial charge in [0.1, 0.15) is 0 Å². The Morgan fingerprint density at radius 2 is 1.89 bits per heavy atom. The highest BCUT2D eigenvalue weighted by atomic mass is 32.1. The molecule has 18 heavy (non-hydrogen) atoms. The molecule has 1 aliphatic carbocycles. The van der Waals surface area contributed by atoms with Gasteiger partial charge in [-0.05, 0) is 41.7 Å². The number of hydrogen-bond acceptors (Lipinski definition) is 3. The van der Waals surface area contributed by atoms with E-state index < -0.39 is 0 Å². The zero-order chi connectivity index (χ0) is 12.4. The summed E-state index contributed by atoms with van der Waals surface area (Å²) in [6.07, 6.45) is 5.99. The normalized spacial score (nSPS) is 18.9. The summed E-state index contributed by atoms with van der Waals surface area (Å²) in [5.41, 5.74) is 1.15. The van der Waals surface area contributed by atoms with Crippen molar-refractivity contribution in [3.05, 3.63) is 34.5 Å². The van der Waals surface area contributed by atoms with Gasteiger partial charge < -0.3 is 5.11 Å². The van der Waals surface area contributed by atoms with Crippen molar-refractivity contribution in [2.45, 2.75) is 38.2 Å². The van der Waals surface area contributed by atoms with Crippen LogP contribution < -0.4 is 0 Å². The molecule has 0 amide bonds. The van der Waals surface area contributed by atoms with Crippen molar-refractivity contribution >= 4 is 22.7 Å². The van der Waals surface area contributed by atoms with Crippen LogP contribution in [0.3, 0.4) is 0 Å². The minimum Gasteiger partial charge on any atom is -0.388 e. The van der Waals surface area contributed by atoms with E-state index in [0.29, 0.717) is 5.92 Å². The lowest BCUT2D eigenvalue weighted by Crippen LogP contribution is -2.15. The van der Waals surface area contributed by atoms with Crippen molar-refractivity contribution < 1.29 is 5.11 Å². The Hall–Kier alpha value is -0.640. The Balaban J connectivity index is 1.85. The molecule has 2 aromatic rings. The van der Waals surface area contributed by atoms with Crippen molar-refractivity contribution in [2.75, 3.05) is 0 Å². The fourth-order valence-corrected chi connectivity index (χ4v) is 4.70. The van der Waals surface area contributed by atoms with Crippen LogP contribution in [0.5, 0.6) is 0 Å². The van der Waals surface area contributed by atoms with Crippen molar-refractivity contribution in [1.29, 1.82) is 0 Å². The van der Waals surface area contributed by atoms with Gasteiger partial charge in [0.05, 0.1) is 11.0 Å². The van der Waals surface area contributed by atoms with E-state index in [2.05, 4.69) is 29.0 Å². The summed E-state index contributed by atoms with van der Waals surface area (Å²) in [6.45, 7) is 0. The lowest BCUT2D eigenvalue weighted by atomic mass is 9.83. The molecule has 0 saturated heterocycles. The summed E-state index contributed by atoms with van der Waals surface area (Å²) in [5, 5.41) is 14.8. The van der Waals surface area contributed by atoms with Gasteiger partial charge in [0.2, 0.25) is 0 Å². The molecule has 1 unspecified atom stereocenters. The number of rotatable bonds is 3. The molecule has 1 nitrogen and oxygen atoms in total. The quantitative estimate of drug-likeness (QED) is 0.829. The van der Waals surface area contributed by atoms with Crippen LogP contribution in [0.15, 0.2) is 29.0 Å². The van der Waals surface area contributed by atoms with Gasteiger partial charge >= 0.3 is 0 Å². The van der Waals surface area contributed by atoms with Crippen molar-refractivity contribution in [3.8, 4) is 9.75 Å². The number of thiophene rings is 2. The predicted octanol–water partition coefficient (Wildman–Crippen LogP) is 5.09. The second-order valence-electron chi connectivity index (χ2n) is 5.03. The smallest absolute Gasteiger partial charge is 0.0832 e. The molecule has 3 heteroatoms. The molecule has 1 aliphatic rings. The van der Waals surface area contributed by atoms with Gasteiger partial charge in [-0.25, -0.2) is 0 Å². The first-order valence-electron chi connectivity index (χ1n) is 6.65. The summed E-state index contributed by atoms with van der Waals surface area (Å²) in [7, 11) is 0. The minimum atomic E-state index is -0.270. The summed E-state index contributed by atoms with van der Waals surface area (Å²) in [4.78, 5) is 2.55. The Kier molecular flexibility index (Phi) is 3.83. The standard InChI is InChI=1S/C15H18OS2/c16-14(11-5-2-1-3-6-11)12-8-10-18-15(12)13-7-4-9-17-13/h4,7-11,14,16H,1-3,5-6H2. The first-order chi connectivity index (χ1) is 8.86. The molecule has 0 bridgehead atoms. The zero-order valence-corrected chi connectivity index (χ0v) is 12.0. The van der Waals surface area contributed by atoms with Crippen LogP contribution in [0.25, 0.3) is 9.75 Å². The van der Waals surface area contributed by atoms with Gasteiger partial charge in [0, 0.05) is 10.4 Å². The minimum absolute atomic E-state index is 0.270. The molecule has 0 aromatic carbocycles. The maximum Gasteiger partial charge on any atom is 0.0832 e. The summed E-state index contributed by atoms with van der Waals surface area (Å²) >= 11 is 3.51. The molecule has 2 aromatic heterocycles. The van der Waals surface area contributed by atoms with Crippen molar-refractivity contribution in [3.63, 3.8) is 0 Å². The van der Waals surface area contributed by atoms with E-state index in [1.807, 2.05) is 0 Å². The highest BCUT2D eigenvalue weighted by molar-refractivity contribution is 7.20. The van der Waals surface area contributed by atoms with Crippen LogP contribution in [0.1, 0.15) is 43.8 Å². The number of hydrogen-bond donors (Lipinski definition) is 1. The van der Waals surface area contributed by atoms with Crippen LogP contribution in [-0.4, -0.2) is 5.11 Å². The highest BCUT2D eigenvalue weighted by Crippen LogP contribution is 2.41. The van der Waals surface area contributed by atoms with Crippen LogP contribution in [0, 0.1) is 5.92 Å². The average Bonchev–Trinajstić information content (AvgIpc) is 3.09.